The molecule has 0 aliphatic carbocycles. The molecule has 1 heterocycles. The average molecular weight is 418 g/mol. The van der Waals surface area contributed by atoms with Crippen molar-refractivity contribution in [1.29, 1.82) is 0 Å². The topological polar surface area (TPSA) is 107 Å². The molecule has 154 valence electrons. The van der Waals surface area contributed by atoms with Crippen LogP contribution in [0.15, 0.2) is 53.4 Å². The summed E-state index contributed by atoms with van der Waals surface area (Å²) in [6.07, 6.45) is 1.77. The van der Waals surface area contributed by atoms with Crippen LogP contribution in [0.3, 0.4) is 0 Å². The van der Waals surface area contributed by atoms with Gasteiger partial charge in [0.05, 0.1) is 15.4 Å². The molecule has 9 heteroatoms. The first kappa shape index (κ1) is 20.9. The number of non-ortho nitro benzene ring substituents is 1. The number of rotatable bonds is 6. The number of ether oxygens (including phenoxy) is 1. The SMILES string of the molecule is C[C@H](OC(=O)c1ccccc1S(=O)(=O)N1CCCCC1)c1cccc([N+](=O)[O-])c1. The first-order valence-electron chi connectivity index (χ1n) is 9.35. The monoisotopic (exact) mass is 418 g/mol. The van der Waals surface area contributed by atoms with Gasteiger partial charge in [0.1, 0.15) is 6.10 Å². The number of carbonyl (C=O) groups excluding carboxylic acids is 1. The zero-order valence-electron chi connectivity index (χ0n) is 16.0. The van der Waals surface area contributed by atoms with Gasteiger partial charge in [0, 0.05) is 25.2 Å². The molecule has 3 rings (SSSR count). The summed E-state index contributed by atoms with van der Waals surface area (Å²) in [6.45, 7) is 2.43. The molecule has 0 amide bonds. The van der Waals surface area contributed by atoms with E-state index in [-0.39, 0.29) is 16.1 Å². The Labute approximate surface area is 169 Å². The number of sulfonamides is 1. The molecule has 1 aliphatic rings. The number of piperidine rings is 1. The summed E-state index contributed by atoms with van der Waals surface area (Å²) in [5, 5.41) is 11.0. The minimum Gasteiger partial charge on any atom is -0.454 e. The van der Waals surface area contributed by atoms with E-state index in [9.17, 15) is 23.3 Å². The lowest BCUT2D eigenvalue weighted by Crippen LogP contribution is -2.36. The van der Waals surface area contributed by atoms with Crippen LogP contribution < -0.4 is 0 Å². The number of benzene rings is 2. The number of nitrogens with zero attached hydrogens (tertiary/aromatic N) is 2. The van der Waals surface area contributed by atoms with Crippen molar-refractivity contribution in [2.24, 2.45) is 0 Å². The molecule has 0 unspecified atom stereocenters. The van der Waals surface area contributed by atoms with Gasteiger partial charge in [0.15, 0.2) is 0 Å². The Hall–Kier alpha value is -2.78. The Kier molecular flexibility index (Phi) is 6.29. The van der Waals surface area contributed by atoms with Gasteiger partial charge < -0.3 is 4.74 Å². The van der Waals surface area contributed by atoms with Crippen LogP contribution in [0.5, 0.6) is 0 Å². The highest BCUT2D eigenvalue weighted by atomic mass is 32.2. The second-order valence-corrected chi connectivity index (χ2v) is 8.77. The van der Waals surface area contributed by atoms with Gasteiger partial charge in [-0.25, -0.2) is 13.2 Å². The van der Waals surface area contributed by atoms with E-state index in [1.165, 1.54) is 34.6 Å². The van der Waals surface area contributed by atoms with Crippen LogP contribution in [0.1, 0.15) is 48.2 Å². The van der Waals surface area contributed by atoms with Crippen LogP contribution in [0.2, 0.25) is 0 Å². The summed E-state index contributed by atoms with van der Waals surface area (Å²) in [5.41, 5.74) is 0.290. The van der Waals surface area contributed by atoms with Gasteiger partial charge in [0.2, 0.25) is 10.0 Å². The van der Waals surface area contributed by atoms with Crippen molar-refractivity contribution in [1.82, 2.24) is 4.31 Å². The molecule has 1 atom stereocenters. The predicted octanol–water partition coefficient (Wildman–Crippen LogP) is 3.69. The summed E-state index contributed by atoms with van der Waals surface area (Å²) in [7, 11) is -3.81. The second kappa shape index (κ2) is 8.71. The average Bonchev–Trinajstić information content (AvgIpc) is 2.74. The van der Waals surface area contributed by atoms with E-state index in [1.54, 1.807) is 25.1 Å². The largest absolute Gasteiger partial charge is 0.454 e. The number of hydrogen-bond donors (Lipinski definition) is 0. The molecule has 0 N–H and O–H groups in total. The van der Waals surface area contributed by atoms with Gasteiger partial charge in [-0.05, 0) is 37.5 Å². The van der Waals surface area contributed by atoms with Crippen LogP contribution in [-0.2, 0) is 14.8 Å². The van der Waals surface area contributed by atoms with Crippen LogP contribution in [-0.4, -0.2) is 36.7 Å². The second-order valence-electron chi connectivity index (χ2n) is 6.86. The fourth-order valence-corrected chi connectivity index (χ4v) is 4.98. The van der Waals surface area contributed by atoms with Crippen LogP contribution in [0, 0.1) is 10.1 Å². The van der Waals surface area contributed by atoms with Crippen LogP contribution in [0.25, 0.3) is 0 Å². The lowest BCUT2D eigenvalue weighted by molar-refractivity contribution is -0.385. The molecular formula is C20H22N2O6S. The van der Waals surface area contributed by atoms with Gasteiger partial charge in [-0.1, -0.05) is 30.7 Å². The molecule has 0 bridgehead atoms. The molecular weight excluding hydrogens is 396 g/mol. The number of esters is 1. The summed E-state index contributed by atoms with van der Waals surface area (Å²) < 4.78 is 32.9. The summed E-state index contributed by atoms with van der Waals surface area (Å²) in [6, 6.07) is 11.8. The maximum absolute atomic E-state index is 13.0. The molecule has 0 aromatic heterocycles. The molecule has 0 spiro atoms. The molecule has 0 radical (unpaired) electrons. The molecule has 1 saturated heterocycles. The van der Waals surface area contributed by atoms with Crippen molar-refractivity contribution in [3.63, 3.8) is 0 Å². The first-order chi connectivity index (χ1) is 13.8. The Morgan fingerprint density at radius 1 is 1.10 bits per heavy atom. The molecule has 29 heavy (non-hydrogen) atoms. The van der Waals surface area contributed by atoms with Crippen LogP contribution >= 0.6 is 0 Å². The maximum atomic E-state index is 13.0. The van der Waals surface area contributed by atoms with Crippen molar-refractivity contribution in [3.05, 3.63) is 69.8 Å². The molecule has 2 aromatic rings. The summed E-state index contributed by atoms with van der Waals surface area (Å²) in [4.78, 5) is 23.1. The van der Waals surface area contributed by atoms with Crippen molar-refractivity contribution in [3.8, 4) is 0 Å². The number of hydrogen-bond acceptors (Lipinski definition) is 6. The van der Waals surface area contributed by atoms with Crippen molar-refractivity contribution in [2.45, 2.75) is 37.2 Å². The Morgan fingerprint density at radius 2 is 1.79 bits per heavy atom. The summed E-state index contributed by atoms with van der Waals surface area (Å²) in [5.74, 6) is -0.791. The highest BCUT2D eigenvalue weighted by Gasteiger charge is 2.30. The van der Waals surface area contributed by atoms with E-state index in [0.717, 1.165) is 19.3 Å². The van der Waals surface area contributed by atoms with E-state index in [1.807, 2.05) is 0 Å². The van der Waals surface area contributed by atoms with Crippen molar-refractivity contribution >= 4 is 21.7 Å². The lowest BCUT2D eigenvalue weighted by Gasteiger charge is -2.26. The quantitative estimate of drug-likeness (QED) is 0.402. The van der Waals surface area contributed by atoms with Crippen molar-refractivity contribution < 1.29 is 22.9 Å². The fraction of sp³-hybridized carbons (Fsp3) is 0.350. The summed E-state index contributed by atoms with van der Waals surface area (Å²) >= 11 is 0. The van der Waals surface area contributed by atoms with E-state index in [0.29, 0.717) is 18.7 Å². The highest BCUT2D eigenvalue weighted by Crippen LogP contribution is 2.27. The molecule has 0 saturated carbocycles. The minimum atomic E-state index is -3.81. The fourth-order valence-electron chi connectivity index (χ4n) is 3.29. The highest BCUT2D eigenvalue weighted by molar-refractivity contribution is 7.89. The third kappa shape index (κ3) is 4.63. The third-order valence-corrected chi connectivity index (χ3v) is 6.83. The van der Waals surface area contributed by atoms with E-state index in [2.05, 4.69) is 0 Å². The Morgan fingerprint density at radius 3 is 2.48 bits per heavy atom. The molecule has 1 fully saturated rings. The van der Waals surface area contributed by atoms with Crippen molar-refractivity contribution in [2.75, 3.05) is 13.1 Å². The lowest BCUT2D eigenvalue weighted by atomic mass is 10.1. The zero-order chi connectivity index (χ0) is 21.0. The van der Waals surface area contributed by atoms with Gasteiger partial charge in [-0.15, -0.1) is 0 Å². The number of carbonyl (C=O) groups is 1. The Bertz CT molecular complexity index is 1020. The normalized spacial score (nSPS) is 16.2. The van der Waals surface area contributed by atoms with E-state index >= 15 is 0 Å². The van der Waals surface area contributed by atoms with Gasteiger partial charge >= 0.3 is 5.97 Å². The number of nitro groups is 1. The van der Waals surface area contributed by atoms with Crippen LogP contribution in [0.4, 0.5) is 5.69 Å². The van der Waals surface area contributed by atoms with Gasteiger partial charge in [-0.2, -0.15) is 4.31 Å². The van der Waals surface area contributed by atoms with Gasteiger partial charge in [-0.3, -0.25) is 10.1 Å². The smallest absolute Gasteiger partial charge is 0.340 e. The maximum Gasteiger partial charge on any atom is 0.340 e. The predicted molar refractivity (Wildman–Crippen MR) is 106 cm³/mol. The first-order valence-corrected chi connectivity index (χ1v) is 10.8. The number of nitro benzene ring substituents is 1. The molecule has 2 aromatic carbocycles. The third-order valence-electron chi connectivity index (χ3n) is 4.87. The van der Waals surface area contributed by atoms with E-state index < -0.39 is 27.0 Å². The molecule has 1 aliphatic heterocycles. The zero-order valence-corrected chi connectivity index (χ0v) is 16.8. The standard InChI is InChI=1S/C20H22N2O6S/c1-15(16-8-7-9-17(14-16)22(24)25)28-20(23)18-10-3-4-11-19(18)29(26,27)21-12-5-2-6-13-21/h3-4,7-11,14-15H,2,5-6,12-13H2,1H3/t15-/m0/s1. The Balaban J connectivity index is 1.85. The van der Waals surface area contributed by atoms with Gasteiger partial charge in [0.25, 0.3) is 5.69 Å². The van der Waals surface area contributed by atoms with E-state index in [4.69, 9.17) is 4.74 Å². The molecule has 8 nitrogen and oxygen atoms in total. The minimum absolute atomic E-state index is 0.0460.